The fourth-order valence-electron chi connectivity index (χ4n) is 2.55. The van der Waals surface area contributed by atoms with Crippen molar-refractivity contribution >= 4 is 33.6 Å². The smallest absolute Gasteiger partial charge is 0.288 e. The third kappa shape index (κ3) is 2.10. The second-order valence-corrected chi connectivity index (χ2v) is 5.38. The average molecular weight is 277 g/mol. The van der Waals surface area contributed by atoms with Gasteiger partial charge in [0.25, 0.3) is 5.76 Å². The van der Waals surface area contributed by atoms with Gasteiger partial charge in [-0.05, 0) is 31.2 Å². The van der Waals surface area contributed by atoms with Gasteiger partial charge in [-0.25, -0.2) is 0 Å². The zero-order valence-corrected chi connectivity index (χ0v) is 11.3. The van der Waals surface area contributed by atoms with Crippen molar-refractivity contribution in [2.75, 3.05) is 0 Å². The Labute approximate surface area is 114 Å². The maximum atomic E-state index is 12.5. The van der Waals surface area contributed by atoms with Crippen LogP contribution < -0.4 is 0 Å². The lowest BCUT2D eigenvalue weighted by molar-refractivity contribution is 0.252. The summed E-state index contributed by atoms with van der Waals surface area (Å²) in [5.41, 5.74) is 2.25. The molecule has 0 atom stereocenters. The number of aromatic nitrogens is 1. The molecular weight excluding hydrogens is 264 g/mol. The van der Waals surface area contributed by atoms with Gasteiger partial charge in [0.15, 0.2) is 0 Å². The highest BCUT2D eigenvalue weighted by molar-refractivity contribution is 7.99. The number of para-hydroxylation sites is 1. The van der Waals surface area contributed by atoms with E-state index in [0.717, 1.165) is 28.4 Å². The molecular formula is C15H13F2NS. The zero-order chi connectivity index (χ0) is 13.4. The second-order valence-electron chi connectivity index (χ2n) is 4.32. The molecule has 0 radical (unpaired) electrons. The number of thioether (sulfide) groups is 1. The Hall–Kier alpha value is -1.55. The van der Waals surface area contributed by atoms with E-state index in [4.69, 9.17) is 0 Å². The first-order chi connectivity index (χ1) is 9.20. The Balaban J connectivity index is 2.30. The summed E-state index contributed by atoms with van der Waals surface area (Å²) in [6.45, 7) is 2.96. The monoisotopic (exact) mass is 277 g/mol. The molecule has 0 saturated carbocycles. The zero-order valence-electron chi connectivity index (χ0n) is 10.4. The number of benzene rings is 2. The Morgan fingerprint density at radius 1 is 1.05 bits per heavy atom. The first-order valence-electron chi connectivity index (χ1n) is 6.16. The maximum Gasteiger partial charge on any atom is 0.288 e. The van der Waals surface area contributed by atoms with Crippen LogP contribution in [0, 0.1) is 0 Å². The largest absolute Gasteiger partial charge is 0.341 e. The topological polar surface area (TPSA) is 4.93 Å². The van der Waals surface area contributed by atoms with Gasteiger partial charge in [0.2, 0.25) is 0 Å². The van der Waals surface area contributed by atoms with Crippen LogP contribution in [0.25, 0.3) is 21.8 Å². The molecule has 0 N–H and O–H groups in total. The van der Waals surface area contributed by atoms with E-state index in [2.05, 4.69) is 17.6 Å². The molecule has 2 aromatic carbocycles. The minimum Gasteiger partial charge on any atom is -0.341 e. The Bertz CT molecular complexity index is 733. The summed E-state index contributed by atoms with van der Waals surface area (Å²) in [5, 5.41) is 2.17. The van der Waals surface area contributed by atoms with Crippen molar-refractivity contribution in [3.8, 4) is 0 Å². The summed E-state index contributed by atoms with van der Waals surface area (Å²) in [4.78, 5) is 0.613. The summed E-state index contributed by atoms with van der Waals surface area (Å²) >= 11 is 0.596. The van der Waals surface area contributed by atoms with Crippen LogP contribution in [0.4, 0.5) is 8.78 Å². The number of halogens is 2. The molecule has 4 heteroatoms. The van der Waals surface area contributed by atoms with Gasteiger partial charge in [-0.15, -0.1) is 0 Å². The van der Waals surface area contributed by atoms with Crippen molar-refractivity contribution in [3.05, 3.63) is 42.5 Å². The van der Waals surface area contributed by atoms with Gasteiger partial charge in [0, 0.05) is 33.2 Å². The molecule has 0 bridgehead atoms. The molecule has 0 aliphatic heterocycles. The average Bonchev–Trinajstić information content (AvgIpc) is 2.71. The number of rotatable bonds is 3. The van der Waals surface area contributed by atoms with Crippen molar-refractivity contribution < 1.29 is 8.78 Å². The highest BCUT2D eigenvalue weighted by Crippen LogP contribution is 2.33. The van der Waals surface area contributed by atoms with Gasteiger partial charge < -0.3 is 4.57 Å². The highest BCUT2D eigenvalue weighted by atomic mass is 32.2. The summed E-state index contributed by atoms with van der Waals surface area (Å²) < 4.78 is 27.1. The number of alkyl halides is 2. The van der Waals surface area contributed by atoms with Crippen molar-refractivity contribution in [2.45, 2.75) is 24.1 Å². The molecule has 0 amide bonds. The van der Waals surface area contributed by atoms with Gasteiger partial charge in [-0.3, -0.25) is 0 Å². The lowest BCUT2D eigenvalue weighted by Crippen LogP contribution is -1.92. The van der Waals surface area contributed by atoms with Crippen molar-refractivity contribution in [1.82, 2.24) is 4.57 Å². The third-order valence-electron chi connectivity index (χ3n) is 3.29. The Morgan fingerprint density at radius 3 is 2.53 bits per heavy atom. The molecule has 0 saturated heterocycles. The van der Waals surface area contributed by atoms with Crippen LogP contribution in [0.5, 0.6) is 0 Å². The predicted molar refractivity (Wildman–Crippen MR) is 77.0 cm³/mol. The van der Waals surface area contributed by atoms with Gasteiger partial charge >= 0.3 is 0 Å². The SMILES string of the molecule is CCn1c2ccccc2c2cc(SC(F)F)ccc21. The number of fused-ring (bicyclic) bond motifs is 3. The first kappa shape index (κ1) is 12.5. The van der Waals surface area contributed by atoms with E-state index in [1.807, 2.05) is 30.3 Å². The van der Waals surface area contributed by atoms with Gasteiger partial charge in [0.1, 0.15) is 0 Å². The molecule has 0 unspecified atom stereocenters. The fourth-order valence-corrected chi connectivity index (χ4v) is 3.09. The number of hydrogen-bond donors (Lipinski definition) is 0. The van der Waals surface area contributed by atoms with Crippen LogP contribution in [0.15, 0.2) is 47.4 Å². The van der Waals surface area contributed by atoms with E-state index in [1.54, 1.807) is 6.07 Å². The van der Waals surface area contributed by atoms with Crippen molar-refractivity contribution in [2.24, 2.45) is 0 Å². The van der Waals surface area contributed by atoms with Crippen molar-refractivity contribution in [3.63, 3.8) is 0 Å². The van der Waals surface area contributed by atoms with Crippen LogP contribution in [0.2, 0.25) is 0 Å². The second kappa shape index (κ2) is 4.85. The first-order valence-corrected chi connectivity index (χ1v) is 7.04. The van der Waals surface area contributed by atoms with Crippen LogP contribution in [0.3, 0.4) is 0 Å². The van der Waals surface area contributed by atoms with E-state index in [9.17, 15) is 8.78 Å². The molecule has 0 aliphatic rings. The number of aryl methyl sites for hydroxylation is 1. The normalized spacial score (nSPS) is 11.8. The highest BCUT2D eigenvalue weighted by Gasteiger charge is 2.11. The molecule has 1 heterocycles. The summed E-state index contributed by atoms with van der Waals surface area (Å²) in [6.07, 6.45) is 0. The van der Waals surface area contributed by atoms with E-state index < -0.39 is 5.76 Å². The predicted octanol–water partition coefficient (Wildman–Crippen LogP) is 5.13. The fraction of sp³-hybridized carbons (Fsp3) is 0.200. The van der Waals surface area contributed by atoms with Gasteiger partial charge in [-0.2, -0.15) is 8.78 Å². The quantitative estimate of drug-likeness (QED) is 0.601. The Kier molecular flexibility index (Phi) is 3.19. The van der Waals surface area contributed by atoms with Crippen molar-refractivity contribution in [1.29, 1.82) is 0 Å². The summed E-state index contributed by atoms with van der Waals surface area (Å²) in [5.74, 6) is -2.38. The van der Waals surface area contributed by atoms with Crippen LogP contribution >= 0.6 is 11.8 Å². The lowest BCUT2D eigenvalue weighted by atomic mass is 10.1. The maximum absolute atomic E-state index is 12.5. The molecule has 3 aromatic rings. The molecule has 98 valence electrons. The molecule has 0 aliphatic carbocycles. The number of nitrogens with zero attached hydrogens (tertiary/aromatic N) is 1. The van der Waals surface area contributed by atoms with Crippen LogP contribution in [-0.4, -0.2) is 10.3 Å². The van der Waals surface area contributed by atoms with Crippen LogP contribution in [0.1, 0.15) is 6.92 Å². The van der Waals surface area contributed by atoms with E-state index in [1.165, 1.54) is 0 Å². The molecule has 1 nitrogen and oxygen atoms in total. The lowest BCUT2D eigenvalue weighted by Gasteiger charge is -2.03. The Morgan fingerprint density at radius 2 is 1.79 bits per heavy atom. The minimum absolute atomic E-state index is 0.596. The third-order valence-corrected chi connectivity index (χ3v) is 3.99. The van der Waals surface area contributed by atoms with E-state index in [-0.39, 0.29) is 0 Å². The van der Waals surface area contributed by atoms with Crippen LogP contribution in [-0.2, 0) is 6.54 Å². The van der Waals surface area contributed by atoms with Gasteiger partial charge in [0.05, 0.1) is 0 Å². The molecule has 1 aromatic heterocycles. The van der Waals surface area contributed by atoms with Gasteiger partial charge in [-0.1, -0.05) is 30.0 Å². The molecule has 19 heavy (non-hydrogen) atoms. The van der Waals surface area contributed by atoms with E-state index >= 15 is 0 Å². The summed E-state index contributed by atoms with van der Waals surface area (Å²) in [7, 11) is 0. The standard InChI is InChI=1S/C15H13F2NS/c1-2-18-13-6-4-3-5-11(13)12-9-10(19-15(16)17)7-8-14(12)18/h3-9,15H,2H2,1H3. The summed E-state index contributed by atoms with van der Waals surface area (Å²) in [6, 6.07) is 13.7. The molecule has 3 rings (SSSR count). The van der Waals surface area contributed by atoms with E-state index in [0.29, 0.717) is 16.7 Å². The number of hydrogen-bond acceptors (Lipinski definition) is 1. The molecule has 0 fully saturated rings. The minimum atomic E-state index is -2.38. The molecule has 0 spiro atoms.